The lowest BCUT2D eigenvalue weighted by molar-refractivity contribution is 0.317. The third kappa shape index (κ3) is 2.46. The maximum absolute atomic E-state index is 12.5. The van der Waals surface area contributed by atoms with Crippen molar-refractivity contribution in [3.8, 4) is 0 Å². The molecule has 0 bridgehead atoms. The van der Waals surface area contributed by atoms with Gasteiger partial charge in [0.1, 0.15) is 5.76 Å². The van der Waals surface area contributed by atoms with E-state index in [-0.39, 0.29) is 17.7 Å². The smallest absolute Gasteiger partial charge is 0.276 e. The van der Waals surface area contributed by atoms with E-state index < -0.39 is 10.0 Å². The molecule has 1 aliphatic rings. The molecule has 0 aromatic carbocycles. The molecule has 1 saturated carbocycles. The van der Waals surface area contributed by atoms with Gasteiger partial charge in [0.25, 0.3) is 10.0 Å². The van der Waals surface area contributed by atoms with Crippen LogP contribution in [0.3, 0.4) is 0 Å². The van der Waals surface area contributed by atoms with Crippen LogP contribution in [0.5, 0.6) is 0 Å². The Balaban J connectivity index is 2.27. The van der Waals surface area contributed by atoms with E-state index in [4.69, 9.17) is 10.2 Å². The van der Waals surface area contributed by atoms with E-state index in [0.29, 0.717) is 12.3 Å². The molecule has 1 aromatic rings. The Bertz CT molecular complexity index is 489. The van der Waals surface area contributed by atoms with Crippen molar-refractivity contribution in [2.24, 2.45) is 5.73 Å². The number of nitrogens with two attached hydrogens (primary N) is 1. The van der Waals surface area contributed by atoms with Gasteiger partial charge < -0.3 is 10.2 Å². The zero-order chi connectivity index (χ0) is 13.2. The second kappa shape index (κ2) is 5.42. The number of hydrogen-bond acceptors (Lipinski definition) is 4. The van der Waals surface area contributed by atoms with E-state index in [2.05, 4.69) is 0 Å². The second-order valence-corrected chi connectivity index (χ2v) is 6.39. The molecular formula is C12H20N2O3S. The minimum Gasteiger partial charge on any atom is -0.447 e. The van der Waals surface area contributed by atoms with Crippen molar-refractivity contribution in [2.45, 2.75) is 50.3 Å². The van der Waals surface area contributed by atoms with Crippen LogP contribution in [0.15, 0.2) is 21.6 Å². The molecule has 6 heteroatoms. The van der Waals surface area contributed by atoms with Crippen LogP contribution >= 0.6 is 0 Å². The Labute approximate surface area is 108 Å². The van der Waals surface area contributed by atoms with Gasteiger partial charge in [-0.25, -0.2) is 8.42 Å². The Morgan fingerprint density at radius 2 is 2.06 bits per heavy atom. The molecule has 18 heavy (non-hydrogen) atoms. The minimum absolute atomic E-state index is 0.0108. The summed E-state index contributed by atoms with van der Waals surface area (Å²) in [4.78, 5) is 0. The fourth-order valence-electron chi connectivity index (χ4n) is 2.54. The highest BCUT2D eigenvalue weighted by atomic mass is 32.2. The summed E-state index contributed by atoms with van der Waals surface area (Å²) in [5.74, 6) is 0.496. The molecule has 102 valence electrons. The lowest BCUT2D eigenvalue weighted by atomic mass is 10.2. The molecule has 0 radical (unpaired) electrons. The van der Waals surface area contributed by atoms with Crippen LogP contribution in [0.2, 0.25) is 0 Å². The summed E-state index contributed by atoms with van der Waals surface area (Å²) in [6.45, 7) is 2.55. The van der Waals surface area contributed by atoms with E-state index in [1.807, 2.05) is 6.92 Å². The molecule has 1 aliphatic carbocycles. The van der Waals surface area contributed by atoms with Gasteiger partial charge in [-0.3, -0.25) is 0 Å². The number of furan rings is 1. The van der Waals surface area contributed by atoms with Crippen LogP contribution < -0.4 is 5.73 Å². The predicted octanol–water partition coefficient (Wildman–Crippen LogP) is 1.69. The van der Waals surface area contributed by atoms with Crippen molar-refractivity contribution in [3.63, 3.8) is 0 Å². The molecule has 0 atom stereocenters. The number of rotatable bonds is 5. The van der Waals surface area contributed by atoms with Crippen molar-refractivity contribution in [3.05, 3.63) is 17.9 Å². The molecule has 1 heterocycles. The summed E-state index contributed by atoms with van der Waals surface area (Å²) >= 11 is 0. The predicted molar refractivity (Wildman–Crippen MR) is 68.4 cm³/mol. The fourth-order valence-corrected chi connectivity index (χ4v) is 4.17. The van der Waals surface area contributed by atoms with Gasteiger partial charge in [0, 0.05) is 12.6 Å². The molecule has 0 spiro atoms. The van der Waals surface area contributed by atoms with Crippen molar-refractivity contribution in [1.82, 2.24) is 4.31 Å². The monoisotopic (exact) mass is 272 g/mol. The summed E-state index contributed by atoms with van der Waals surface area (Å²) in [6.07, 6.45) is 4.08. The summed E-state index contributed by atoms with van der Waals surface area (Å²) in [5.41, 5.74) is 5.44. The molecule has 1 aromatic heterocycles. The van der Waals surface area contributed by atoms with Crippen molar-refractivity contribution in [2.75, 3.05) is 6.54 Å². The molecule has 2 N–H and O–H groups in total. The van der Waals surface area contributed by atoms with Gasteiger partial charge in [-0.1, -0.05) is 19.8 Å². The van der Waals surface area contributed by atoms with E-state index in [1.54, 1.807) is 10.4 Å². The minimum atomic E-state index is -3.51. The highest BCUT2D eigenvalue weighted by Crippen LogP contribution is 2.29. The van der Waals surface area contributed by atoms with Crippen LogP contribution in [-0.2, 0) is 16.6 Å². The Kier molecular flexibility index (Phi) is 4.09. The molecule has 1 fully saturated rings. The first-order valence-electron chi connectivity index (χ1n) is 6.40. The summed E-state index contributed by atoms with van der Waals surface area (Å²) in [6, 6.07) is 3.23. The molecule has 0 amide bonds. The van der Waals surface area contributed by atoms with Crippen molar-refractivity contribution in [1.29, 1.82) is 0 Å². The van der Waals surface area contributed by atoms with E-state index >= 15 is 0 Å². The summed E-state index contributed by atoms with van der Waals surface area (Å²) in [5, 5.41) is 0.0108. The highest BCUT2D eigenvalue weighted by molar-refractivity contribution is 7.89. The zero-order valence-corrected chi connectivity index (χ0v) is 11.4. The fraction of sp³-hybridized carbons (Fsp3) is 0.667. The van der Waals surface area contributed by atoms with Gasteiger partial charge in [-0.2, -0.15) is 4.31 Å². The maximum Gasteiger partial charge on any atom is 0.276 e. The standard InChI is InChI=1S/C12H20N2O3S/c1-2-14(10-5-3-4-6-10)18(15,16)12-8-7-11(9-13)17-12/h7-8,10H,2-6,9,13H2,1H3. The third-order valence-corrected chi connectivity index (χ3v) is 5.35. The Morgan fingerprint density at radius 1 is 1.39 bits per heavy atom. The van der Waals surface area contributed by atoms with Crippen LogP contribution in [0, 0.1) is 0 Å². The van der Waals surface area contributed by atoms with Gasteiger partial charge in [0.15, 0.2) is 0 Å². The first-order valence-corrected chi connectivity index (χ1v) is 7.84. The molecule has 0 aliphatic heterocycles. The SMILES string of the molecule is CCN(C1CCCC1)S(=O)(=O)c1ccc(CN)o1. The summed E-state index contributed by atoms with van der Waals surface area (Å²) in [7, 11) is -3.51. The lowest BCUT2D eigenvalue weighted by Crippen LogP contribution is -2.38. The number of nitrogens with zero attached hydrogens (tertiary/aromatic N) is 1. The van der Waals surface area contributed by atoms with E-state index in [1.165, 1.54) is 6.07 Å². The molecule has 0 saturated heterocycles. The van der Waals surface area contributed by atoms with E-state index in [9.17, 15) is 8.42 Å². The van der Waals surface area contributed by atoms with Gasteiger partial charge in [0.2, 0.25) is 5.09 Å². The highest BCUT2D eigenvalue weighted by Gasteiger charge is 2.33. The van der Waals surface area contributed by atoms with Gasteiger partial charge >= 0.3 is 0 Å². The normalized spacial score (nSPS) is 17.7. The average Bonchev–Trinajstić information content (AvgIpc) is 3.00. The molecule has 5 nitrogen and oxygen atoms in total. The van der Waals surface area contributed by atoms with Crippen molar-refractivity contribution >= 4 is 10.0 Å². The maximum atomic E-state index is 12.5. The summed E-state index contributed by atoms with van der Waals surface area (Å²) < 4.78 is 31.8. The van der Waals surface area contributed by atoms with Gasteiger partial charge in [-0.15, -0.1) is 0 Å². The molecule has 2 rings (SSSR count). The van der Waals surface area contributed by atoms with E-state index in [0.717, 1.165) is 25.7 Å². The van der Waals surface area contributed by atoms with Gasteiger partial charge in [0.05, 0.1) is 6.54 Å². The van der Waals surface area contributed by atoms with Crippen LogP contribution in [0.25, 0.3) is 0 Å². The Hall–Kier alpha value is -0.850. The third-order valence-electron chi connectivity index (χ3n) is 3.44. The molecule has 0 unspecified atom stereocenters. The largest absolute Gasteiger partial charge is 0.447 e. The first-order chi connectivity index (χ1) is 8.59. The quantitative estimate of drug-likeness (QED) is 0.885. The van der Waals surface area contributed by atoms with Crippen molar-refractivity contribution < 1.29 is 12.8 Å². The first kappa shape index (κ1) is 13.6. The Morgan fingerprint density at radius 3 is 2.56 bits per heavy atom. The number of sulfonamides is 1. The van der Waals surface area contributed by atoms with Crippen LogP contribution in [0.1, 0.15) is 38.4 Å². The number of hydrogen-bond donors (Lipinski definition) is 1. The van der Waals surface area contributed by atoms with Crippen LogP contribution in [-0.4, -0.2) is 25.3 Å². The van der Waals surface area contributed by atoms with Crippen LogP contribution in [0.4, 0.5) is 0 Å². The second-order valence-electron chi connectivity index (χ2n) is 4.57. The molecular weight excluding hydrogens is 252 g/mol. The zero-order valence-electron chi connectivity index (χ0n) is 10.6. The topological polar surface area (TPSA) is 76.5 Å². The lowest BCUT2D eigenvalue weighted by Gasteiger charge is -2.25. The average molecular weight is 272 g/mol. The van der Waals surface area contributed by atoms with Gasteiger partial charge in [-0.05, 0) is 25.0 Å².